The highest BCUT2D eigenvalue weighted by molar-refractivity contribution is 6.30. The maximum Gasteiger partial charge on any atom is 0.160 e. The van der Waals surface area contributed by atoms with E-state index in [1.807, 2.05) is 31.3 Å². The molecule has 0 bridgehead atoms. The van der Waals surface area contributed by atoms with Gasteiger partial charge in [-0.25, -0.2) is 0 Å². The molecule has 0 unspecified atom stereocenters. The number of hydrogen-bond acceptors (Lipinski definition) is 2. The Labute approximate surface area is 113 Å². The number of Topliss-reactive ketones (excluding diaryl/α,β-unsaturated/α-hetero) is 1. The molecule has 0 radical (unpaired) electrons. The largest absolute Gasteiger partial charge is 0.361 e. The first-order valence-corrected chi connectivity index (χ1v) is 6.79. The number of hydrogen-bond donors (Lipinski definition) is 1. The average Bonchev–Trinajstić information content (AvgIpc) is 2.55. The number of halogens is 1. The van der Waals surface area contributed by atoms with Crippen molar-refractivity contribution in [1.29, 1.82) is 0 Å². The Kier molecular flexibility index (Phi) is 4.43. The maximum atomic E-state index is 11.9. The Morgan fingerprint density at radius 2 is 2.00 bits per heavy atom. The van der Waals surface area contributed by atoms with E-state index in [9.17, 15) is 4.79 Å². The predicted octanol–water partition coefficient (Wildman–Crippen LogP) is 4.48. The highest BCUT2D eigenvalue weighted by Gasteiger charge is 2.13. The maximum absolute atomic E-state index is 11.9. The van der Waals surface area contributed by atoms with E-state index in [0.29, 0.717) is 11.4 Å². The van der Waals surface area contributed by atoms with Crippen LogP contribution in [0.3, 0.4) is 0 Å². The fraction of sp³-hybridized carbons (Fsp3) is 0.400. The summed E-state index contributed by atoms with van der Waals surface area (Å²) in [5.74, 6) is 0.277. The van der Waals surface area contributed by atoms with E-state index in [0.717, 1.165) is 42.5 Å². The molecule has 0 atom stereocenters. The number of benzene rings is 1. The SMILES string of the molecule is Cc1ccc(Cl)cc1NC=C1CCCCCC1=O. The molecule has 2 rings (SSSR count). The summed E-state index contributed by atoms with van der Waals surface area (Å²) in [5, 5.41) is 3.92. The van der Waals surface area contributed by atoms with E-state index in [1.165, 1.54) is 0 Å². The van der Waals surface area contributed by atoms with Crippen LogP contribution in [0.15, 0.2) is 30.0 Å². The van der Waals surface area contributed by atoms with Crippen LogP contribution in [0.4, 0.5) is 5.69 Å². The molecule has 3 heteroatoms. The van der Waals surface area contributed by atoms with Crippen molar-refractivity contribution in [3.8, 4) is 0 Å². The van der Waals surface area contributed by atoms with Crippen LogP contribution in [-0.4, -0.2) is 5.78 Å². The lowest BCUT2D eigenvalue weighted by Gasteiger charge is -2.08. The van der Waals surface area contributed by atoms with Gasteiger partial charge in [-0.3, -0.25) is 4.79 Å². The Hall–Kier alpha value is -1.28. The van der Waals surface area contributed by atoms with Crippen molar-refractivity contribution in [2.24, 2.45) is 0 Å². The highest BCUT2D eigenvalue weighted by atomic mass is 35.5. The summed E-state index contributed by atoms with van der Waals surface area (Å²) in [5.41, 5.74) is 3.00. The van der Waals surface area contributed by atoms with Crippen LogP contribution in [0.25, 0.3) is 0 Å². The standard InChI is InChI=1S/C15H18ClNO/c1-11-7-8-13(16)9-14(11)17-10-12-5-3-2-4-6-15(12)18/h7-10,17H,2-6H2,1H3. The van der Waals surface area contributed by atoms with Crippen LogP contribution in [-0.2, 0) is 4.79 Å². The second-order valence-electron chi connectivity index (χ2n) is 4.76. The van der Waals surface area contributed by atoms with E-state index in [-0.39, 0.29) is 5.78 Å². The normalized spacial score (nSPS) is 18.8. The molecule has 1 N–H and O–H groups in total. The van der Waals surface area contributed by atoms with Crippen LogP contribution >= 0.6 is 11.6 Å². The van der Waals surface area contributed by atoms with E-state index in [4.69, 9.17) is 11.6 Å². The molecule has 1 aromatic rings. The Morgan fingerprint density at radius 3 is 2.83 bits per heavy atom. The summed E-state index contributed by atoms with van der Waals surface area (Å²) in [7, 11) is 0. The Balaban J connectivity index is 2.13. The number of carbonyl (C=O) groups is 1. The lowest BCUT2D eigenvalue weighted by atomic mass is 10.1. The predicted molar refractivity (Wildman–Crippen MR) is 76.0 cm³/mol. The van der Waals surface area contributed by atoms with Gasteiger partial charge >= 0.3 is 0 Å². The molecule has 0 spiro atoms. The topological polar surface area (TPSA) is 29.1 Å². The van der Waals surface area contributed by atoms with Gasteiger partial charge in [0.15, 0.2) is 5.78 Å². The van der Waals surface area contributed by atoms with E-state index in [1.54, 1.807) is 0 Å². The first kappa shape index (κ1) is 13.2. The van der Waals surface area contributed by atoms with Crippen molar-refractivity contribution in [1.82, 2.24) is 0 Å². The molecule has 1 aliphatic rings. The van der Waals surface area contributed by atoms with Crippen LogP contribution in [0.2, 0.25) is 5.02 Å². The first-order valence-electron chi connectivity index (χ1n) is 6.42. The van der Waals surface area contributed by atoms with Crippen LogP contribution in [0, 0.1) is 6.92 Å². The molecule has 0 amide bonds. The number of aryl methyl sites for hydroxylation is 1. The summed E-state index contributed by atoms with van der Waals surface area (Å²) in [4.78, 5) is 11.9. The van der Waals surface area contributed by atoms with Gasteiger partial charge < -0.3 is 5.32 Å². The zero-order valence-corrected chi connectivity index (χ0v) is 11.4. The fourth-order valence-corrected chi connectivity index (χ4v) is 2.32. The van der Waals surface area contributed by atoms with Crippen molar-refractivity contribution in [3.63, 3.8) is 0 Å². The average molecular weight is 264 g/mol. The first-order chi connectivity index (χ1) is 8.66. The lowest BCUT2D eigenvalue weighted by molar-refractivity contribution is -0.115. The number of allylic oxidation sites excluding steroid dienone is 1. The molecular weight excluding hydrogens is 246 g/mol. The Bertz CT molecular complexity index is 479. The minimum Gasteiger partial charge on any atom is -0.361 e. The zero-order valence-electron chi connectivity index (χ0n) is 10.6. The van der Waals surface area contributed by atoms with Gasteiger partial charge in [0.05, 0.1) is 0 Å². The van der Waals surface area contributed by atoms with Gasteiger partial charge in [-0.2, -0.15) is 0 Å². The third-order valence-electron chi connectivity index (χ3n) is 3.31. The van der Waals surface area contributed by atoms with Crippen molar-refractivity contribution < 1.29 is 4.79 Å². The van der Waals surface area contributed by atoms with Crippen molar-refractivity contribution in [3.05, 3.63) is 40.6 Å². The second kappa shape index (κ2) is 6.05. The molecule has 1 aliphatic carbocycles. The molecule has 1 aromatic carbocycles. The van der Waals surface area contributed by atoms with Gasteiger partial charge in [0, 0.05) is 28.9 Å². The molecule has 96 valence electrons. The van der Waals surface area contributed by atoms with Crippen molar-refractivity contribution in [2.75, 3.05) is 5.32 Å². The third kappa shape index (κ3) is 3.36. The number of anilines is 1. The number of rotatable bonds is 2. The van der Waals surface area contributed by atoms with E-state index >= 15 is 0 Å². The zero-order chi connectivity index (χ0) is 13.0. The molecule has 1 saturated carbocycles. The van der Waals surface area contributed by atoms with Gasteiger partial charge in [-0.15, -0.1) is 0 Å². The fourth-order valence-electron chi connectivity index (χ4n) is 2.15. The molecule has 0 aliphatic heterocycles. The summed E-state index contributed by atoms with van der Waals surface area (Å²) in [6.45, 7) is 2.02. The molecule has 0 aromatic heterocycles. The number of ketones is 1. The molecule has 1 fully saturated rings. The summed E-state index contributed by atoms with van der Waals surface area (Å²) in [6, 6.07) is 5.72. The lowest BCUT2D eigenvalue weighted by Crippen LogP contribution is -2.03. The molecule has 0 heterocycles. The van der Waals surface area contributed by atoms with Gasteiger partial charge in [0.25, 0.3) is 0 Å². The summed E-state index contributed by atoms with van der Waals surface area (Å²) < 4.78 is 0. The smallest absolute Gasteiger partial charge is 0.160 e. The number of nitrogens with one attached hydrogen (secondary N) is 1. The van der Waals surface area contributed by atoms with Crippen LogP contribution in [0.5, 0.6) is 0 Å². The second-order valence-corrected chi connectivity index (χ2v) is 5.19. The van der Waals surface area contributed by atoms with E-state index in [2.05, 4.69) is 5.32 Å². The van der Waals surface area contributed by atoms with Gasteiger partial charge in [-0.1, -0.05) is 24.1 Å². The summed E-state index contributed by atoms with van der Waals surface area (Å²) >= 11 is 5.97. The van der Waals surface area contributed by atoms with E-state index < -0.39 is 0 Å². The summed E-state index contributed by atoms with van der Waals surface area (Å²) in [6.07, 6.45) is 6.69. The Morgan fingerprint density at radius 1 is 1.22 bits per heavy atom. The van der Waals surface area contributed by atoms with Crippen LogP contribution in [0.1, 0.15) is 37.7 Å². The van der Waals surface area contributed by atoms with Crippen LogP contribution < -0.4 is 5.32 Å². The molecule has 0 saturated heterocycles. The highest BCUT2D eigenvalue weighted by Crippen LogP contribution is 2.22. The molecule has 2 nitrogen and oxygen atoms in total. The van der Waals surface area contributed by atoms with Gasteiger partial charge in [-0.05, 0) is 43.9 Å². The monoisotopic (exact) mass is 263 g/mol. The minimum atomic E-state index is 0.277. The minimum absolute atomic E-state index is 0.277. The number of carbonyl (C=O) groups excluding carboxylic acids is 1. The molecular formula is C15H18ClNO. The quantitative estimate of drug-likeness (QED) is 0.630. The third-order valence-corrected chi connectivity index (χ3v) is 3.54. The van der Waals surface area contributed by atoms with Crippen molar-refractivity contribution >= 4 is 23.1 Å². The van der Waals surface area contributed by atoms with Gasteiger partial charge in [0.2, 0.25) is 0 Å². The van der Waals surface area contributed by atoms with Gasteiger partial charge in [0.1, 0.15) is 0 Å². The van der Waals surface area contributed by atoms with Crippen molar-refractivity contribution in [2.45, 2.75) is 39.0 Å². The molecule has 18 heavy (non-hydrogen) atoms.